The van der Waals surface area contributed by atoms with Gasteiger partial charge in [-0.2, -0.15) is 0 Å². The van der Waals surface area contributed by atoms with E-state index in [0.29, 0.717) is 0 Å². The molecule has 6 aliphatic heterocycles. The fourth-order valence-electron chi connectivity index (χ4n) is 12.9. The van der Waals surface area contributed by atoms with Crippen molar-refractivity contribution in [2.24, 2.45) is 0 Å². The molecule has 6 aliphatic rings. The Hall–Kier alpha value is -8.11. The molecule has 17 rings (SSSR count). The molecule has 0 amide bonds. The second kappa shape index (κ2) is 14.1. The molecule has 0 unspecified atom stereocenters. The molecule has 0 saturated carbocycles. The lowest BCUT2D eigenvalue weighted by Crippen LogP contribution is -2.64. The number of thiophene rings is 2. The number of ether oxygens (including phenoxy) is 4. The second-order valence-electron chi connectivity index (χ2n) is 20.1. The first-order chi connectivity index (χ1) is 35.4. The topological polar surface area (TPSA) is 43.4 Å². The van der Waals surface area contributed by atoms with E-state index in [4.69, 9.17) is 18.9 Å². The number of hydrogen-bond donors (Lipinski definition) is 0. The van der Waals surface area contributed by atoms with Gasteiger partial charge in [-0.25, -0.2) is 0 Å². The van der Waals surface area contributed by atoms with E-state index in [9.17, 15) is 0 Å². The van der Waals surface area contributed by atoms with Crippen molar-refractivity contribution in [2.75, 3.05) is 9.80 Å². The Morgan fingerprint density at radius 1 is 0.347 bits per heavy atom. The van der Waals surface area contributed by atoms with Crippen LogP contribution in [-0.4, -0.2) is 20.1 Å². The predicted molar refractivity (Wildman–Crippen MR) is 301 cm³/mol. The molecule has 11 aromatic rings. The maximum atomic E-state index is 7.25. The summed E-state index contributed by atoms with van der Waals surface area (Å²) in [6.07, 6.45) is 0. The summed E-state index contributed by atoms with van der Waals surface area (Å²) in [7, 11) is 0. The zero-order valence-electron chi connectivity index (χ0n) is 39.2. The molecular formula is C61H37B3N2O4S2. The van der Waals surface area contributed by atoms with Crippen molar-refractivity contribution in [3.05, 3.63) is 187 Å². The Morgan fingerprint density at radius 3 is 1.33 bits per heavy atom. The Kier molecular flexibility index (Phi) is 7.73. The summed E-state index contributed by atoms with van der Waals surface area (Å²) in [5, 5.41) is 2.29. The highest BCUT2D eigenvalue weighted by atomic mass is 32.1. The third-order valence-electron chi connectivity index (χ3n) is 15.7. The van der Waals surface area contributed by atoms with Crippen LogP contribution in [0.2, 0.25) is 0 Å². The van der Waals surface area contributed by atoms with Gasteiger partial charge in [0.2, 0.25) is 0 Å². The minimum absolute atomic E-state index is 0.0793. The molecule has 0 aliphatic carbocycles. The molecule has 11 heteroatoms. The van der Waals surface area contributed by atoms with Crippen LogP contribution in [0.3, 0.4) is 0 Å². The zero-order chi connectivity index (χ0) is 47.2. The monoisotopic (exact) mass is 958 g/mol. The summed E-state index contributed by atoms with van der Waals surface area (Å²) in [4.78, 5) is 4.96. The standard InChI is InChI=1S/C61H37B3N2O4S2/c1-32-22-45-55-49(24-32)67-47-31-48-42(64-57-51(68-48)26-34(3)27-52(57)70-59-38-19-11-13-21-54(38)72-61(59)64)29-41(47)62(55)39-28-40-44(30-43(39)65(45)35-14-6-4-7-15-35)66(36-16-8-5-9-17-36)46-23-33(2)25-50-56(46)63(40)60-58(69-50)37-18-10-12-20-53(37)71-60/h4-31H,1-3H3. The van der Waals surface area contributed by atoms with Crippen LogP contribution in [0.25, 0.3) is 20.2 Å². The van der Waals surface area contributed by atoms with Gasteiger partial charge in [-0.3, -0.25) is 0 Å². The van der Waals surface area contributed by atoms with Crippen molar-refractivity contribution in [1.29, 1.82) is 0 Å². The SMILES string of the molecule is Cc1cc2c3c(c1)Oc1c(sc4ccccc14)B3c1cc3c(cc1O2)Oc1cc(C)cc2c1B3c1cc3c(cc1N2c1ccccc1)N(c1ccccc1)c1cc(C)cc2c1B3c1sc3ccccc3c1O2. The molecule has 0 bridgehead atoms. The third-order valence-corrected chi connectivity index (χ3v) is 18.2. The molecule has 72 heavy (non-hydrogen) atoms. The van der Waals surface area contributed by atoms with Crippen LogP contribution in [-0.2, 0) is 0 Å². The number of aryl methyl sites for hydroxylation is 3. The van der Waals surface area contributed by atoms with E-state index in [1.54, 1.807) is 0 Å². The largest absolute Gasteiger partial charge is 0.458 e. The minimum Gasteiger partial charge on any atom is -0.458 e. The van der Waals surface area contributed by atoms with Gasteiger partial charge in [-0.15, -0.1) is 22.7 Å². The van der Waals surface area contributed by atoms with Crippen LogP contribution in [0.15, 0.2) is 170 Å². The minimum atomic E-state index is -0.184. The average Bonchev–Trinajstić information content (AvgIpc) is 3.96. The van der Waals surface area contributed by atoms with E-state index < -0.39 is 0 Å². The summed E-state index contributed by atoms with van der Waals surface area (Å²) in [5.41, 5.74) is 18.3. The summed E-state index contributed by atoms with van der Waals surface area (Å²) in [5.74, 6) is 7.01. The van der Waals surface area contributed by atoms with Gasteiger partial charge in [-0.05, 0) is 161 Å². The molecular weight excluding hydrogens is 921 g/mol. The summed E-state index contributed by atoms with van der Waals surface area (Å²) < 4.78 is 33.2. The van der Waals surface area contributed by atoms with Gasteiger partial charge in [0.15, 0.2) is 0 Å². The van der Waals surface area contributed by atoms with Crippen LogP contribution in [0.1, 0.15) is 16.7 Å². The number of hydrogen-bond acceptors (Lipinski definition) is 8. The van der Waals surface area contributed by atoms with Crippen molar-refractivity contribution in [1.82, 2.24) is 0 Å². The van der Waals surface area contributed by atoms with E-state index in [-0.39, 0.29) is 20.1 Å². The van der Waals surface area contributed by atoms with Crippen LogP contribution in [0.4, 0.5) is 34.1 Å². The highest BCUT2D eigenvalue weighted by Gasteiger charge is 2.50. The average molecular weight is 959 g/mol. The van der Waals surface area contributed by atoms with Crippen LogP contribution in [0, 0.1) is 20.8 Å². The highest BCUT2D eigenvalue weighted by molar-refractivity contribution is 7.34. The quantitative estimate of drug-likeness (QED) is 0.161. The fourth-order valence-corrected chi connectivity index (χ4v) is 15.4. The molecule has 0 N–H and O–H groups in total. The number of fused-ring (bicyclic) bond motifs is 16. The first-order valence-electron chi connectivity index (χ1n) is 24.6. The molecule has 0 fully saturated rings. The zero-order valence-corrected chi connectivity index (χ0v) is 40.9. The number of benzene rings is 9. The van der Waals surface area contributed by atoms with Crippen molar-refractivity contribution in [3.8, 4) is 46.0 Å². The van der Waals surface area contributed by atoms with E-state index in [2.05, 4.69) is 200 Å². The van der Waals surface area contributed by atoms with Gasteiger partial charge in [0, 0.05) is 75.4 Å². The smallest absolute Gasteiger partial charge is 0.273 e. The maximum absolute atomic E-state index is 7.25. The lowest BCUT2D eigenvalue weighted by Gasteiger charge is -2.44. The molecule has 8 heterocycles. The predicted octanol–water partition coefficient (Wildman–Crippen LogP) is 10.6. The number of anilines is 6. The van der Waals surface area contributed by atoms with Gasteiger partial charge < -0.3 is 28.7 Å². The van der Waals surface area contributed by atoms with Gasteiger partial charge >= 0.3 is 0 Å². The Balaban J connectivity index is 0.969. The molecule has 0 saturated heterocycles. The molecule has 0 atom stereocenters. The first-order valence-corrected chi connectivity index (χ1v) is 26.3. The molecule has 0 spiro atoms. The number of nitrogens with zero attached hydrogens (tertiary/aromatic N) is 2. The lowest BCUT2D eigenvalue weighted by atomic mass is 9.30. The Labute approximate surface area is 424 Å². The van der Waals surface area contributed by atoms with Crippen molar-refractivity contribution < 1.29 is 18.9 Å². The summed E-state index contributed by atoms with van der Waals surface area (Å²) in [6, 6.07) is 62.2. The van der Waals surface area contributed by atoms with E-state index in [1.165, 1.54) is 35.3 Å². The molecule has 6 nitrogen and oxygen atoms in total. The first kappa shape index (κ1) is 39.6. The third kappa shape index (κ3) is 5.21. The Bertz CT molecular complexity index is 4270. The fraction of sp³-hybridized carbons (Fsp3) is 0.0492. The van der Waals surface area contributed by atoms with Crippen molar-refractivity contribution >= 4 is 145 Å². The maximum Gasteiger partial charge on any atom is 0.273 e. The van der Waals surface area contributed by atoms with Crippen molar-refractivity contribution in [2.45, 2.75) is 20.8 Å². The molecule has 336 valence electrons. The van der Waals surface area contributed by atoms with Gasteiger partial charge in [0.1, 0.15) is 46.0 Å². The van der Waals surface area contributed by atoms with E-state index >= 15 is 0 Å². The molecule has 0 radical (unpaired) electrons. The number of para-hydroxylation sites is 2. The highest BCUT2D eigenvalue weighted by Crippen LogP contribution is 2.49. The van der Waals surface area contributed by atoms with Crippen LogP contribution >= 0.6 is 22.7 Å². The molecule has 2 aromatic heterocycles. The number of rotatable bonds is 2. The van der Waals surface area contributed by atoms with E-state index in [0.717, 1.165) is 129 Å². The van der Waals surface area contributed by atoms with Gasteiger partial charge in [0.25, 0.3) is 20.1 Å². The van der Waals surface area contributed by atoms with Gasteiger partial charge in [0.05, 0.1) is 0 Å². The van der Waals surface area contributed by atoms with Crippen LogP contribution < -0.4 is 76.5 Å². The lowest BCUT2D eigenvalue weighted by molar-refractivity contribution is 0.457. The molecule has 9 aromatic carbocycles. The normalized spacial score (nSPS) is 14.3. The summed E-state index contributed by atoms with van der Waals surface area (Å²) in [6.45, 7) is 6.12. The van der Waals surface area contributed by atoms with Crippen molar-refractivity contribution in [3.63, 3.8) is 0 Å². The van der Waals surface area contributed by atoms with Gasteiger partial charge in [-0.1, -0.05) is 72.8 Å². The Morgan fingerprint density at radius 2 is 0.764 bits per heavy atom. The van der Waals surface area contributed by atoms with E-state index in [1.807, 2.05) is 22.7 Å². The second-order valence-corrected chi connectivity index (χ2v) is 22.3. The van der Waals surface area contributed by atoms with Crippen LogP contribution in [0.5, 0.6) is 46.0 Å². The summed E-state index contributed by atoms with van der Waals surface area (Å²) >= 11 is 3.68.